The Balaban J connectivity index is 2.72. The van der Waals surface area contributed by atoms with Crippen LogP contribution in [0.15, 0.2) is 18.3 Å². The van der Waals surface area contributed by atoms with E-state index in [0.29, 0.717) is 12.6 Å². The molecule has 0 unspecified atom stereocenters. The molecule has 0 aliphatic carbocycles. The lowest BCUT2D eigenvalue weighted by atomic mass is 10.1. The van der Waals surface area contributed by atoms with Crippen LogP contribution in [0.5, 0.6) is 0 Å². The predicted molar refractivity (Wildman–Crippen MR) is 74.8 cm³/mol. The number of benzene rings is 1. The molecule has 3 heteroatoms. The van der Waals surface area contributed by atoms with Gasteiger partial charge in [-0.3, -0.25) is 0 Å². The van der Waals surface area contributed by atoms with Gasteiger partial charge in [0.05, 0.1) is 5.52 Å². The van der Waals surface area contributed by atoms with Gasteiger partial charge in [-0.15, -0.1) is 0 Å². The molecule has 2 nitrogen and oxygen atoms in total. The lowest BCUT2D eigenvalue weighted by Gasteiger charge is -2.09. The molecule has 0 spiro atoms. The topological polar surface area (TPSA) is 30.9 Å². The molecule has 2 aromatic rings. The highest BCUT2D eigenvalue weighted by molar-refractivity contribution is 6.32. The molecule has 1 aromatic heterocycles. The van der Waals surface area contributed by atoms with E-state index >= 15 is 0 Å². The number of rotatable bonds is 3. The molecule has 92 valence electrons. The summed E-state index contributed by atoms with van der Waals surface area (Å²) in [5.41, 5.74) is 9.32. The zero-order valence-electron chi connectivity index (χ0n) is 10.6. The lowest BCUT2D eigenvalue weighted by molar-refractivity contribution is 0.621. The molecule has 0 fully saturated rings. The average molecular weight is 251 g/mol. The van der Waals surface area contributed by atoms with E-state index < -0.39 is 0 Å². The average Bonchev–Trinajstić information content (AvgIpc) is 2.59. The van der Waals surface area contributed by atoms with Crippen molar-refractivity contribution in [3.05, 3.63) is 34.5 Å². The molecule has 1 aromatic carbocycles. The van der Waals surface area contributed by atoms with Crippen LogP contribution in [-0.2, 0) is 6.42 Å². The number of aromatic nitrogens is 1. The van der Waals surface area contributed by atoms with Gasteiger partial charge >= 0.3 is 0 Å². The number of halogens is 1. The van der Waals surface area contributed by atoms with E-state index in [1.807, 2.05) is 6.92 Å². The Hall–Kier alpha value is -0.990. The number of nitrogens with zero attached hydrogens (tertiary/aromatic N) is 1. The molecule has 1 heterocycles. The van der Waals surface area contributed by atoms with Crippen LogP contribution < -0.4 is 5.73 Å². The third kappa shape index (κ3) is 2.20. The third-order valence-electron chi connectivity index (χ3n) is 3.17. The second kappa shape index (κ2) is 4.71. The van der Waals surface area contributed by atoms with E-state index in [-0.39, 0.29) is 0 Å². The van der Waals surface area contributed by atoms with Crippen LogP contribution in [0.1, 0.15) is 31.0 Å². The van der Waals surface area contributed by atoms with Crippen molar-refractivity contribution in [2.45, 2.75) is 33.2 Å². The van der Waals surface area contributed by atoms with E-state index in [1.165, 1.54) is 16.5 Å². The monoisotopic (exact) mass is 250 g/mol. The van der Waals surface area contributed by atoms with Gasteiger partial charge in [0.1, 0.15) is 0 Å². The Morgan fingerprint density at radius 1 is 1.35 bits per heavy atom. The van der Waals surface area contributed by atoms with Crippen LogP contribution in [0.25, 0.3) is 10.9 Å². The summed E-state index contributed by atoms with van der Waals surface area (Å²) in [7, 11) is 0. The highest BCUT2D eigenvalue weighted by atomic mass is 35.5. The molecular weight excluding hydrogens is 232 g/mol. The summed E-state index contributed by atoms with van der Waals surface area (Å²) in [6.07, 6.45) is 3.12. The summed E-state index contributed by atoms with van der Waals surface area (Å²) in [6.45, 7) is 7.08. The van der Waals surface area contributed by atoms with Crippen LogP contribution in [0, 0.1) is 6.92 Å². The lowest BCUT2D eigenvalue weighted by Crippen LogP contribution is -2.02. The molecule has 0 radical (unpaired) electrons. The molecule has 0 saturated heterocycles. The van der Waals surface area contributed by atoms with E-state index in [2.05, 4.69) is 36.7 Å². The summed E-state index contributed by atoms with van der Waals surface area (Å²) in [5, 5.41) is 2.11. The van der Waals surface area contributed by atoms with Gasteiger partial charge in [0.2, 0.25) is 0 Å². The number of hydrogen-bond donors (Lipinski definition) is 1. The minimum Gasteiger partial charge on any atom is -0.345 e. The fourth-order valence-corrected chi connectivity index (χ4v) is 2.39. The number of aryl methyl sites for hydroxylation is 1. The van der Waals surface area contributed by atoms with Gasteiger partial charge < -0.3 is 10.3 Å². The molecule has 17 heavy (non-hydrogen) atoms. The zero-order valence-corrected chi connectivity index (χ0v) is 11.4. The maximum Gasteiger partial charge on any atom is 0.0500 e. The maximum atomic E-state index is 6.21. The van der Waals surface area contributed by atoms with Gasteiger partial charge in [0.15, 0.2) is 0 Å². The van der Waals surface area contributed by atoms with E-state index in [0.717, 1.165) is 17.0 Å². The van der Waals surface area contributed by atoms with Crippen molar-refractivity contribution in [3.63, 3.8) is 0 Å². The van der Waals surface area contributed by atoms with Gasteiger partial charge in [-0.2, -0.15) is 0 Å². The van der Waals surface area contributed by atoms with E-state index in [4.69, 9.17) is 17.3 Å². The van der Waals surface area contributed by atoms with Crippen molar-refractivity contribution in [2.24, 2.45) is 5.73 Å². The second-order valence-electron chi connectivity index (χ2n) is 4.81. The van der Waals surface area contributed by atoms with Gasteiger partial charge in [0, 0.05) is 22.6 Å². The van der Waals surface area contributed by atoms with Gasteiger partial charge in [0.25, 0.3) is 0 Å². The Labute approximate surface area is 107 Å². The quantitative estimate of drug-likeness (QED) is 0.885. The van der Waals surface area contributed by atoms with Crippen molar-refractivity contribution in [2.75, 3.05) is 6.54 Å². The van der Waals surface area contributed by atoms with Crippen LogP contribution >= 0.6 is 11.6 Å². The standard InChI is InChI=1S/C14H19ClN2/c1-9(2)17-8-11(4-5-16)12-6-10(3)13(15)7-14(12)17/h6-9H,4-5,16H2,1-3H3. The van der Waals surface area contributed by atoms with Crippen LogP contribution in [0.3, 0.4) is 0 Å². The highest BCUT2D eigenvalue weighted by Crippen LogP contribution is 2.29. The first-order valence-electron chi connectivity index (χ1n) is 6.04. The Morgan fingerprint density at radius 2 is 2.06 bits per heavy atom. The second-order valence-corrected chi connectivity index (χ2v) is 5.22. The van der Waals surface area contributed by atoms with Gasteiger partial charge in [-0.1, -0.05) is 11.6 Å². The van der Waals surface area contributed by atoms with Crippen molar-refractivity contribution in [1.82, 2.24) is 4.57 Å². The first-order valence-corrected chi connectivity index (χ1v) is 6.42. The predicted octanol–water partition coefficient (Wildman–Crippen LogP) is 3.69. The Kier molecular flexibility index (Phi) is 3.45. The molecular formula is C14H19ClN2. The molecule has 2 N–H and O–H groups in total. The molecule has 0 atom stereocenters. The van der Waals surface area contributed by atoms with Crippen molar-refractivity contribution in [3.8, 4) is 0 Å². The summed E-state index contributed by atoms with van der Waals surface area (Å²) in [4.78, 5) is 0. The van der Waals surface area contributed by atoms with Crippen molar-refractivity contribution in [1.29, 1.82) is 0 Å². The van der Waals surface area contributed by atoms with E-state index in [9.17, 15) is 0 Å². The minimum atomic E-state index is 0.433. The Morgan fingerprint density at radius 3 is 2.65 bits per heavy atom. The molecule has 0 saturated carbocycles. The molecule has 0 bridgehead atoms. The van der Waals surface area contributed by atoms with Crippen LogP contribution in [0.2, 0.25) is 5.02 Å². The van der Waals surface area contributed by atoms with Crippen molar-refractivity contribution < 1.29 is 0 Å². The smallest absolute Gasteiger partial charge is 0.0500 e. The first kappa shape index (κ1) is 12.5. The molecule has 0 amide bonds. The normalized spacial score (nSPS) is 11.6. The van der Waals surface area contributed by atoms with Gasteiger partial charge in [-0.25, -0.2) is 0 Å². The number of nitrogens with two attached hydrogens (primary N) is 1. The molecule has 0 aliphatic rings. The Bertz CT molecular complexity index is 541. The molecule has 2 rings (SSSR count). The van der Waals surface area contributed by atoms with Gasteiger partial charge in [-0.05, 0) is 57.0 Å². The summed E-state index contributed by atoms with van der Waals surface area (Å²) < 4.78 is 2.27. The first-order chi connectivity index (χ1) is 8.04. The maximum absolute atomic E-state index is 6.21. The van der Waals surface area contributed by atoms with E-state index in [1.54, 1.807) is 0 Å². The summed E-state index contributed by atoms with van der Waals surface area (Å²) >= 11 is 6.21. The largest absolute Gasteiger partial charge is 0.345 e. The number of fused-ring (bicyclic) bond motifs is 1. The van der Waals surface area contributed by atoms with Crippen LogP contribution in [-0.4, -0.2) is 11.1 Å². The summed E-state index contributed by atoms with van der Waals surface area (Å²) in [5.74, 6) is 0. The highest BCUT2D eigenvalue weighted by Gasteiger charge is 2.11. The SMILES string of the molecule is Cc1cc2c(CCN)cn(C(C)C)c2cc1Cl. The fraction of sp³-hybridized carbons (Fsp3) is 0.429. The van der Waals surface area contributed by atoms with Crippen LogP contribution in [0.4, 0.5) is 0 Å². The number of hydrogen-bond acceptors (Lipinski definition) is 1. The third-order valence-corrected chi connectivity index (χ3v) is 3.57. The minimum absolute atomic E-state index is 0.433. The molecule has 0 aliphatic heterocycles. The fourth-order valence-electron chi connectivity index (χ4n) is 2.23. The summed E-state index contributed by atoms with van der Waals surface area (Å²) in [6, 6.07) is 4.66. The van der Waals surface area contributed by atoms with Crippen molar-refractivity contribution >= 4 is 22.5 Å². The zero-order chi connectivity index (χ0) is 12.6.